The molecule has 0 bridgehead atoms. The van der Waals surface area contributed by atoms with Crippen molar-refractivity contribution >= 4 is 20.8 Å². The third-order valence-corrected chi connectivity index (χ3v) is 7.73. The number of aryl methyl sites for hydroxylation is 3. The molecule has 0 N–H and O–H groups in total. The molecule has 0 aliphatic carbocycles. The van der Waals surface area contributed by atoms with Gasteiger partial charge in [0.05, 0.1) is 22.6 Å². The van der Waals surface area contributed by atoms with Crippen molar-refractivity contribution < 1.29 is 8.42 Å². The second kappa shape index (κ2) is 7.94. The summed E-state index contributed by atoms with van der Waals surface area (Å²) in [7, 11) is -3.52. The molecule has 0 spiro atoms. The Bertz CT molecular complexity index is 1260. The van der Waals surface area contributed by atoms with E-state index in [2.05, 4.69) is 10.00 Å². The van der Waals surface area contributed by atoms with Gasteiger partial charge in [-0.2, -0.15) is 9.40 Å². The maximum Gasteiger partial charge on any atom is 0.275 e. The lowest BCUT2D eigenvalue weighted by molar-refractivity contribution is 0.143. The van der Waals surface area contributed by atoms with Crippen molar-refractivity contribution in [2.24, 2.45) is 0 Å². The number of nitrogens with zero attached hydrogens (tertiary/aromatic N) is 4. The van der Waals surface area contributed by atoms with Crippen molar-refractivity contribution in [3.63, 3.8) is 0 Å². The van der Waals surface area contributed by atoms with Gasteiger partial charge in [-0.05, 0) is 50.1 Å². The first-order valence-corrected chi connectivity index (χ1v) is 11.5. The second-order valence-electron chi connectivity index (χ2n) is 7.85. The lowest BCUT2D eigenvalue weighted by Gasteiger charge is -2.34. The van der Waals surface area contributed by atoms with Crippen LogP contribution in [0.2, 0.25) is 0 Å². The molecule has 0 unspecified atom stereocenters. The van der Waals surface area contributed by atoms with Gasteiger partial charge in [0.1, 0.15) is 0 Å². The molecule has 1 fully saturated rings. The highest BCUT2D eigenvalue weighted by molar-refractivity contribution is 7.89. The minimum atomic E-state index is -3.52. The zero-order valence-electron chi connectivity index (χ0n) is 17.5. The van der Waals surface area contributed by atoms with E-state index in [1.807, 2.05) is 51.1 Å². The third kappa shape index (κ3) is 3.78. The standard InChI is InChI=1S/C22H26N4O3S/c1-16-8-9-19(14-17(16)2)30(28,29)25-12-10-24(11-13-25)15-26-22(27)21-7-5-4-6-20(21)18(3)23-26/h4-9,14H,10-13,15H2,1-3H3. The van der Waals surface area contributed by atoms with Crippen LogP contribution in [0.15, 0.2) is 52.2 Å². The lowest BCUT2D eigenvalue weighted by Crippen LogP contribution is -2.49. The van der Waals surface area contributed by atoms with Crippen LogP contribution in [0.4, 0.5) is 0 Å². The molecule has 2 aromatic carbocycles. The Morgan fingerprint density at radius 3 is 2.23 bits per heavy atom. The highest BCUT2D eigenvalue weighted by atomic mass is 32.2. The van der Waals surface area contributed by atoms with Crippen molar-refractivity contribution in [1.29, 1.82) is 0 Å². The van der Waals surface area contributed by atoms with Crippen molar-refractivity contribution in [3.8, 4) is 0 Å². The van der Waals surface area contributed by atoms with E-state index in [4.69, 9.17) is 0 Å². The lowest BCUT2D eigenvalue weighted by atomic mass is 10.1. The quantitative estimate of drug-likeness (QED) is 0.640. The van der Waals surface area contributed by atoms with Crippen LogP contribution in [0, 0.1) is 20.8 Å². The van der Waals surface area contributed by atoms with Crippen molar-refractivity contribution in [1.82, 2.24) is 19.0 Å². The summed E-state index contributed by atoms with van der Waals surface area (Å²) in [6.07, 6.45) is 0. The Labute approximate surface area is 176 Å². The molecule has 158 valence electrons. The van der Waals surface area contributed by atoms with Gasteiger partial charge in [-0.1, -0.05) is 24.3 Å². The van der Waals surface area contributed by atoms with Gasteiger partial charge in [-0.15, -0.1) is 0 Å². The van der Waals surface area contributed by atoms with Crippen LogP contribution < -0.4 is 5.56 Å². The molecule has 0 atom stereocenters. The fourth-order valence-electron chi connectivity index (χ4n) is 3.82. The maximum absolute atomic E-state index is 13.0. The minimum absolute atomic E-state index is 0.124. The maximum atomic E-state index is 13.0. The summed E-state index contributed by atoms with van der Waals surface area (Å²) >= 11 is 0. The minimum Gasteiger partial charge on any atom is -0.282 e. The number of hydrogen-bond acceptors (Lipinski definition) is 5. The number of sulfonamides is 1. The van der Waals surface area contributed by atoms with Crippen LogP contribution in [0.5, 0.6) is 0 Å². The average Bonchev–Trinajstić information content (AvgIpc) is 2.74. The van der Waals surface area contributed by atoms with E-state index in [-0.39, 0.29) is 5.56 Å². The van der Waals surface area contributed by atoms with Gasteiger partial charge in [-0.3, -0.25) is 9.69 Å². The summed E-state index contributed by atoms with van der Waals surface area (Å²) < 4.78 is 29.0. The molecule has 0 saturated carbocycles. The summed E-state index contributed by atoms with van der Waals surface area (Å²) in [5.74, 6) is 0. The van der Waals surface area contributed by atoms with Crippen molar-refractivity contribution in [2.75, 3.05) is 26.2 Å². The van der Waals surface area contributed by atoms with Gasteiger partial charge in [0.15, 0.2) is 0 Å². The summed E-state index contributed by atoms with van der Waals surface area (Å²) in [6, 6.07) is 12.7. The van der Waals surface area contributed by atoms with E-state index < -0.39 is 10.0 Å². The first kappa shape index (κ1) is 20.7. The van der Waals surface area contributed by atoms with Gasteiger partial charge in [0.2, 0.25) is 10.0 Å². The predicted molar refractivity (Wildman–Crippen MR) is 117 cm³/mol. The Balaban J connectivity index is 1.49. The van der Waals surface area contributed by atoms with E-state index in [1.54, 1.807) is 12.1 Å². The number of fused-ring (bicyclic) bond motifs is 1. The molecule has 7 nitrogen and oxygen atoms in total. The molecule has 2 heterocycles. The molecule has 30 heavy (non-hydrogen) atoms. The predicted octanol–water partition coefficient (Wildman–Crippen LogP) is 2.29. The second-order valence-corrected chi connectivity index (χ2v) is 9.78. The molecule has 1 aliphatic rings. The first-order chi connectivity index (χ1) is 14.3. The molecule has 0 amide bonds. The van der Waals surface area contributed by atoms with Crippen molar-refractivity contribution in [2.45, 2.75) is 32.3 Å². The van der Waals surface area contributed by atoms with E-state index in [9.17, 15) is 13.2 Å². The van der Waals surface area contributed by atoms with Crippen LogP contribution in [0.1, 0.15) is 16.8 Å². The number of benzene rings is 2. The van der Waals surface area contributed by atoms with Crippen LogP contribution in [-0.4, -0.2) is 53.6 Å². The zero-order chi connectivity index (χ0) is 21.5. The average molecular weight is 427 g/mol. The number of hydrogen-bond donors (Lipinski definition) is 0. The summed E-state index contributed by atoms with van der Waals surface area (Å²) in [4.78, 5) is 15.2. The number of aromatic nitrogens is 2. The summed E-state index contributed by atoms with van der Waals surface area (Å²) in [6.45, 7) is 7.99. The molecular formula is C22H26N4O3S. The Hall–Kier alpha value is -2.55. The topological polar surface area (TPSA) is 75.5 Å². The SMILES string of the molecule is Cc1ccc(S(=O)(=O)N2CCN(Cn3nc(C)c4ccccc4c3=O)CC2)cc1C. The van der Waals surface area contributed by atoms with Gasteiger partial charge >= 0.3 is 0 Å². The Morgan fingerprint density at radius 2 is 1.57 bits per heavy atom. The monoisotopic (exact) mass is 426 g/mol. The van der Waals surface area contributed by atoms with E-state index in [1.165, 1.54) is 8.99 Å². The molecule has 8 heteroatoms. The third-order valence-electron chi connectivity index (χ3n) is 5.83. The van der Waals surface area contributed by atoms with Crippen molar-refractivity contribution in [3.05, 3.63) is 69.6 Å². The summed E-state index contributed by atoms with van der Waals surface area (Å²) in [5.41, 5.74) is 2.72. The van der Waals surface area contributed by atoms with E-state index in [0.29, 0.717) is 43.1 Å². The highest BCUT2D eigenvalue weighted by Crippen LogP contribution is 2.20. The molecular weight excluding hydrogens is 400 g/mol. The first-order valence-electron chi connectivity index (χ1n) is 10.0. The van der Waals surface area contributed by atoms with E-state index >= 15 is 0 Å². The molecule has 1 aliphatic heterocycles. The largest absolute Gasteiger partial charge is 0.282 e. The van der Waals surface area contributed by atoms with E-state index in [0.717, 1.165) is 22.2 Å². The van der Waals surface area contributed by atoms with Crippen LogP contribution >= 0.6 is 0 Å². The van der Waals surface area contributed by atoms with Crippen LogP contribution in [0.25, 0.3) is 10.8 Å². The molecule has 0 radical (unpaired) electrons. The van der Waals surface area contributed by atoms with Crippen LogP contribution in [0.3, 0.4) is 0 Å². The fourth-order valence-corrected chi connectivity index (χ4v) is 5.33. The fraction of sp³-hybridized carbons (Fsp3) is 0.364. The zero-order valence-corrected chi connectivity index (χ0v) is 18.3. The Kier molecular flexibility index (Phi) is 5.48. The Morgan fingerprint density at radius 1 is 0.900 bits per heavy atom. The highest BCUT2D eigenvalue weighted by Gasteiger charge is 2.29. The summed E-state index contributed by atoms with van der Waals surface area (Å²) in [5, 5.41) is 5.98. The molecule has 1 saturated heterocycles. The van der Waals surface area contributed by atoms with Crippen LogP contribution in [-0.2, 0) is 16.7 Å². The smallest absolute Gasteiger partial charge is 0.275 e. The molecule has 3 aromatic rings. The number of rotatable bonds is 4. The molecule has 1 aromatic heterocycles. The number of piperazine rings is 1. The van der Waals surface area contributed by atoms with Gasteiger partial charge in [-0.25, -0.2) is 13.1 Å². The molecule has 4 rings (SSSR count). The van der Waals surface area contributed by atoms with Gasteiger partial charge in [0.25, 0.3) is 5.56 Å². The van der Waals surface area contributed by atoms with Gasteiger partial charge < -0.3 is 0 Å². The normalized spacial score (nSPS) is 16.2. The van der Waals surface area contributed by atoms with Gasteiger partial charge in [0, 0.05) is 31.6 Å².